The number of rotatable bonds is 3. The first-order valence-corrected chi connectivity index (χ1v) is 7.38. The van der Waals surface area contributed by atoms with Crippen molar-refractivity contribution in [3.63, 3.8) is 0 Å². The first kappa shape index (κ1) is 13.1. The number of carbonyl (C=O) groups excluding carboxylic acids is 3. The van der Waals surface area contributed by atoms with Crippen LogP contribution in [0.1, 0.15) is 17.7 Å². The van der Waals surface area contributed by atoms with Gasteiger partial charge < -0.3 is 4.90 Å². The van der Waals surface area contributed by atoms with Gasteiger partial charge in [0.2, 0.25) is 17.7 Å². The largest absolute Gasteiger partial charge is 0.335 e. The molecule has 3 heterocycles. The van der Waals surface area contributed by atoms with E-state index in [1.165, 1.54) is 11.0 Å². The number of amides is 3. The molecule has 6 heteroatoms. The van der Waals surface area contributed by atoms with Crippen molar-refractivity contribution in [2.24, 2.45) is 0 Å². The maximum Gasteiger partial charge on any atom is 0.246 e. The summed E-state index contributed by atoms with van der Waals surface area (Å²) in [6, 6.07) is 3.74. The summed E-state index contributed by atoms with van der Waals surface area (Å²) in [6.45, 7) is 0.899. The molecule has 0 atom stereocenters. The van der Waals surface area contributed by atoms with Gasteiger partial charge in [0.25, 0.3) is 0 Å². The summed E-state index contributed by atoms with van der Waals surface area (Å²) in [4.78, 5) is 39.0. The zero-order valence-electron chi connectivity index (χ0n) is 10.8. The van der Waals surface area contributed by atoms with Crippen LogP contribution in [0.3, 0.4) is 0 Å². The second-order valence-corrected chi connectivity index (χ2v) is 5.88. The van der Waals surface area contributed by atoms with Gasteiger partial charge in [-0.3, -0.25) is 19.3 Å². The van der Waals surface area contributed by atoms with Crippen molar-refractivity contribution >= 4 is 35.1 Å². The Morgan fingerprint density at radius 1 is 1.25 bits per heavy atom. The van der Waals surface area contributed by atoms with Crippen LogP contribution in [0.2, 0.25) is 0 Å². The van der Waals surface area contributed by atoms with Crippen LogP contribution in [0.4, 0.5) is 0 Å². The fourth-order valence-corrected chi connectivity index (χ4v) is 3.06. The van der Waals surface area contributed by atoms with Gasteiger partial charge in [-0.25, -0.2) is 0 Å². The Bertz CT molecular complexity index is 557. The predicted octanol–water partition coefficient (Wildman–Crippen LogP) is 1.12. The molecule has 0 aromatic carbocycles. The highest BCUT2D eigenvalue weighted by atomic mass is 32.1. The van der Waals surface area contributed by atoms with Crippen LogP contribution in [0.5, 0.6) is 0 Å². The highest BCUT2D eigenvalue weighted by molar-refractivity contribution is 7.10. The van der Waals surface area contributed by atoms with Crippen molar-refractivity contribution in [2.75, 3.05) is 13.1 Å². The Morgan fingerprint density at radius 2 is 1.95 bits per heavy atom. The monoisotopic (exact) mass is 290 g/mol. The molecule has 0 unspecified atom stereocenters. The van der Waals surface area contributed by atoms with E-state index in [0.717, 1.165) is 4.88 Å². The lowest BCUT2D eigenvalue weighted by molar-refractivity contribution is -0.149. The minimum atomic E-state index is -0.128. The van der Waals surface area contributed by atoms with Gasteiger partial charge in [-0.2, -0.15) is 0 Å². The van der Waals surface area contributed by atoms with Gasteiger partial charge in [0, 0.05) is 36.9 Å². The molecule has 2 saturated heterocycles. The summed E-state index contributed by atoms with van der Waals surface area (Å²) in [5, 5.41) is 1.95. The van der Waals surface area contributed by atoms with Crippen LogP contribution in [0.25, 0.3) is 6.08 Å². The van der Waals surface area contributed by atoms with E-state index in [4.69, 9.17) is 0 Å². The summed E-state index contributed by atoms with van der Waals surface area (Å²) in [7, 11) is 0. The molecule has 0 N–H and O–H groups in total. The summed E-state index contributed by atoms with van der Waals surface area (Å²) in [5.74, 6) is -0.295. The molecular weight excluding hydrogens is 276 g/mol. The molecule has 3 rings (SSSR count). The number of thiophene rings is 1. The molecule has 104 valence electrons. The quantitative estimate of drug-likeness (QED) is 0.619. The van der Waals surface area contributed by atoms with E-state index in [0.29, 0.717) is 25.9 Å². The first-order chi connectivity index (χ1) is 9.65. The maximum atomic E-state index is 11.9. The molecule has 0 saturated carbocycles. The van der Waals surface area contributed by atoms with Crippen molar-refractivity contribution in [1.29, 1.82) is 0 Å². The molecule has 2 fully saturated rings. The zero-order chi connectivity index (χ0) is 14.1. The molecule has 1 aromatic rings. The van der Waals surface area contributed by atoms with E-state index in [1.807, 2.05) is 17.5 Å². The Hall–Kier alpha value is -1.95. The molecule has 2 aliphatic heterocycles. The first-order valence-electron chi connectivity index (χ1n) is 6.50. The Balaban J connectivity index is 1.54. The lowest BCUT2D eigenvalue weighted by Gasteiger charge is -2.42. The summed E-state index contributed by atoms with van der Waals surface area (Å²) in [5.41, 5.74) is 0. The topological polar surface area (TPSA) is 57.7 Å². The van der Waals surface area contributed by atoms with E-state index in [-0.39, 0.29) is 23.8 Å². The van der Waals surface area contributed by atoms with Crippen LogP contribution in [-0.2, 0) is 14.4 Å². The fraction of sp³-hybridized carbons (Fsp3) is 0.357. The second-order valence-electron chi connectivity index (χ2n) is 4.90. The minimum absolute atomic E-state index is 0.0752. The van der Waals surface area contributed by atoms with Gasteiger partial charge in [-0.05, 0) is 17.5 Å². The van der Waals surface area contributed by atoms with Crippen molar-refractivity contribution in [1.82, 2.24) is 9.80 Å². The second kappa shape index (κ2) is 5.20. The highest BCUT2D eigenvalue weighted by Crippen LogP contribution is 2.22. The smallest absolute Gasteiger partial charge is 0.246 e. The number of likely N-dealkylation sites (tertiary alicyclic amines) is 2. The fourth-order valence-electron chi connectivity index (χ4n) is 2.44. The lowest BCUT2D eigenvalue weighted by atomic mass is 10.1. The SMILES string of the molecule is O=C(C=Cc1cccs1)N1CC(N2C(=O)CCC2=O)C1. The van der Waals surface area contributed by atoms with Gasteiger partial charge in [0.15, 0.2) is 0 Å². The van der Waals surface area contributed by atoms with Gasteiger partial charge in [0.05, 0.1) is 6.04 Å². The maximum absolute atomic E-state index is 11.9. The van der Waals surface area contributed by atoms with Crippen molar-refractivity contribution < 1.29 is 14.4 Å². The summed E-state index contributed by atoms with van der Waals surface area (Å²) < 4.78 is 0. The Kier molecular flexibility index (Phi) is 3.40. The van der Waals surface area contributed by atoms with Gasteiger partial charge in [-0.1, -0.05) is 6.07 Å². The van der Waals surface area contributed by atoms with E-state index in [1.54, 1.807) is 22.3 Å². The molecule has 20 heavy (non-hydrogen) atoms. The van der Waals surface area contributed by atoms with E-state index in [2.05, 4.69) is 0 Å². The number of imide groups is 1. The Morgan fingerprint density at radius 3 is 2.55 bits per heavy atom. The van der Waals surface area contributed by atoms with Crippen LogP contribution in [0, 0.1) is 0 Å². The Labute approximate surface area is 120 Å². The molecular formula is C14H14N2O3S. The molecule has 0 radical (unpaired) electrons. The van der Waals surface area contributed by atoms with Gasteiger partial charge in [0.1, 0.15) is 0 Å². The number of hydrogen-bond donors (Lipinski definition) is 0. The molecule has 1 aromatic heterocycles. The van der Waals surface area contributed by atoms with Crippen LogP contribution in [-0.4, -0.2) is 46.7 Å². The van der Waals surface area contributed by atoms with Crippen LogP contribution >= 0.6 is 11.3 Å². The third-order valence-corrected chi connectivity index (χ3v) is 4.40. The average Bonchev–Trinajstić information content (AvgIpc) is 2.99. The minimum Gasteiger partial charge on any atom is -0.335 e. The number of carbonyl (C=O) groups is 3. The summed E-state index contributed by atoms with van der Waals surface area (Å²) >= 11 is 1.57. The predicted molar refractivity (Wildman–Crippen MR) is 74.8 cm³/mol. The zero-order valence-corrected chi connectivity index (χ0v) is 11.6. The summed E-state index contributed by atoms with van der Waals surface area (Å²) in [6.07, 6.45) is 3.94. The van der Waals surface area contributed by atoms with Crippen LogP contribution < -0.4 is 0 Å². The molecule has 2 aliphatic rings. The lowest BCUT2D eigenvalue weighted by Crippen LogP contribution is -2.61. The van der Waals surface area contributed by atoms with Crippen LogP contribution in [0.15, 0.2) is 23.6 Å². The highest BCUT2D eigenvalue weighted by Gasteiger charge is 2.42. The van der Waals surface area contributed by atoms with Crippen molar-refractivity contribution in [3.05, 3.63) is 28.5 Å². The van der Waals surface area contributed by atoms with Gasteiger partial charge >= 0.3 is 0 Å². The van der Waals surface area contributed by atoms with E-state index >= 15 is 0 Å². The molecule has 0 bridgehead atoms. The third kappa shape index (κ3) is 2.38. The van der Waals surface area contributed by atoms with Crippen molar-refractivity contribution in [2.45, 2.75) is 18.9 Å². The van der Waals surface area contributed by atoms with Crippen molar-refractivity contribution in [3.8, 4) is 0 Å². The normalized spacial score (nSPS) is 20.0. The van der Waals surface area contributed by atoms with Gasteiger partial charge in [-0.15, -0.1) is 11.3 Å². The van der Waals surface area contributed by atoms with E-state index < -0.39 is 0 Å². The number of nitrogens with zero attached hydrogens (tertiary/aromatic N) is 2. The molecule has 5 nitrogen and oxygen atoms in total. The van der Waals surface area contributed by atoms with E-state index in [9.17, 15) is 14.4 Å². The molecule has 3 amide bonds. The standard InChI is InChI=1S/C14H14N2O3S/c17-12(4-3-11-2-1-7-20-11)15-8-10(9-15)16-13(18)5-6-14(16)19/h1-4,7,10H,5-6,8-9H2. The third-order valence-electron chi connectivity index (χ3n) is 3.56. The molecule has 0 spiro atoms. The molecule has 0 aliphatic carbocycles. The number of hydrogen-bond acceptors (Lipinski definition) is 4. The average molecular weight is 290 g/mol.